The van der Waals surface area contributed by atoms with E-state index >= 15 is 0 Å². The molecule has 0 fully saturated rings. The Hall–Kier alpha value is -3.48. The second-order valence-electron chi connectivity index (χ2n) is 8.73. The number of fused-ring (bicyclic) bond motifs is 2. The van der Waals surface area contributed by atoms with Gasteiger partial charge in [0.05, 0.1) is 24.0 Å². The first-order valence-corrected chi connectivity index (χ1v) is 11.4. The number of hydrogen-bond acceptors (Lipinski definition) is 4. The Balaban J connectivity index is 1.55. The highest BCUT2D eigenvalue weighted by Crippen LogP contribution is 2.38. The fraction of sp³-hybridized carbons (Fsp3) is 0.259. The summed E-state index contributed by atoms with van der Waals surface area (Å²) in [5.41, 5.74) is 11.1. The molecule has 2 atom stereocenters. The number of ether oxygens (including phenoxy) is 1. The van der Waals surface area contributed by atoms with E-state index in [1.165, 1.54) is 5.57 Å². The average Bonchev–Trinajstić information content (AvgIpc) is 3.21. The Bertz CT molecular complexity index is 1260. The van der Waals surface area contributed by atoms with Crippen LogP contribution < -0.4 is 9.75 Å². The van der Waals surface area contributed by atoms with E-state index in [0.717, 1.165) is 57.3 Å². The molecular weight excluding hydrogens is 410 g/mol. The minimum Gasteiger partial charge on any atom is -0.493 e. The first-order chi connectivity index (χ1) is 16.1. The van der Waals surface area contributed by atoms with Gasteiger partial charge < -0.3 is 20.1 Å². The second kappa shape index (κ2) is 9.17. The van der Waals surface area contributed by atoms with Gasteiger partial charge in [-0.15, -0.1) is 0 Å². The van der Waals surface area contributed by atoms with Gasteiger partial charge in [-0.3, -0.25) is 9.97 Å². The first kappa shape index (κ1) is 21.4. The molecule has 6 nitrogen and oxygen atoms in total. The van der Waals surface area contributed by atoms with Gasteiger partial charge in [-0.05, 0) is 75.5 Å². The molecule has 2 aromatic heterocycles. The van der Waals surface area contributed by atoms with Crippen LogP contribution in [0.5, 0.6) is 5.75 Å². The molecule has 0 bridgehead atoms. The molecule has 0 radical (unpaired) electrons. The number of nitrogens with zero attached hydrogens (tertiary/aromatic N) is 4. The molecule has 4 heterocycles. The van der Waals surface area contributed by atoms with Crippen LogP contribution in [0.4, 0.5) is 0 Å². The zero-order chi connectivity index (χ0) is 22.8. The predicted octanol–water partition coefficient (Wildman–Crippen LogP) is 3.78. The van der Waals surface area contributed by atoms with E-state index in [-0.39, 0.29) is 6.04 Å². The van der Waals surface area contributed by atoms with Crippen LogP contribution in [0.3, 0.4) is 0 Å². The normalized spacial score (nSPS) is 19.3. The molecule has 168 valence electrons. The lowest BCUT2D eigenvalue weighted by molar-refractivity contribution is -0.810. The monoisotopic (exact) mass is 439 g/mol. The molecule has 0 spiro atoms. The summed E-state index contributed by atoms with van der Waals surface area (Å²) in [6, 6.07) is 14.5. The smallest absolute Gasteiger partial charge is 0.131 e. The third-order valence-corrected chi connectivity index (χ3v) is 5.96. The minimum absolute atomic E-state index is 0.111. The number of benzene rings is 1. The maximum atomic E-state index is 5.99. The van der Waals surface area contributed by atoms with Crippen molar-refractivity contribution in [2.75, 3.05) is 27.2 Å². The average molecular weight is 440 g/mol. The highest BCUT2D eigenvalue weighted by molar-refractivity contribution is 6.04. The van der Waals surface area contributed by atoms with Gasteiger partial charge in [0.1, 0.15) is 11.8 Å². The van der Waals surface area contributed by atoms with E-state index in [9.17, 15) is 0 Å². The largest absolute Gasteiger partial charge is 0.493 e. The van der Waals surface area contributed by atoms with Gasteiger partial charge in [0.15, 0.2) is 0 Å². The van der Waals surface area contributed by atoms with E-state index in [1.54, 1.807) is 0 Å². The number of allylic oxidation sites excluding steroid dienone is 2. The van der Waals surface area contributed by atoms with Gasteiger partial charge in [-0.2, -0.15) is 0 Å². The molecule has 2 aliphatic heterocycles. The quantitative estimate of drug-likeness (QED) is 0.570. The number of rotatable bonds is 7. The molecule has 1 aromatic carbocycles. The van der Waals surface area contributed by atoms with Crippen LogP contribution in [0.15, 0.2) is 73.1 Å². The zero-order valence-corrected chi connectivity index (χ0v) is 19.3. The van der Waals surface area contributed by atoms with Gasteiger partial charge in [-0.1, -0.05) is 17.8 Å². The Morgan fingerprint density at radius 3 is 2.88 bits per heavy atom. The molecule has 0 aliphatic carbocycles. The van der Waals surface area contributed by atoms with Gasteiger partial charge in [0.25, 0.3) is 0 Å². The third-order valence-electron chi connectivity index (χ3n) is 5.96. The molecule has 0 saturated heterocycles. The lowest BCUT2D eigenvalue weighted by atomic mass is 9.92. The van der Waals surface area contributed by atoms with E-state index in [1.807, 2.05) is 49.5 Å². The topological polar surface area (TPSA) is 56.8 Å². The maximum absolute atomic E-state index is 5.99. The van der Waals surface area contributed by atoms with Gasteiger partial charge in [0.2, 0.25) is 0 Å². The lowest BCUT2D eigenvalue weighted by Crippen LogP contribution is -3.06. The van der Waals surface area contributed by atoms with Crippen molar-refractivity contribution >= 4 is 22.2 Å². The highest BCUT2D eigenvalue weighted by atomic mass is 16.5. The molecule has 3 aromatic rings. The van der Waals surface area contributed by atoms with Crippen molar-refractivity contribution in [3.05, 3.63) is 95.5 Å². The number of quaternary nitrogens is 1. The van der Waals surface area contributed by atoms with Crippen molar-refractivity contribution in [1.82, 2.24) is 14.9 Å². The number of aryl methyl sites for hydroxylation is 1. The van der Waals surface area contributed by atoms with Crippen LogP contribution in [0.25, 0.3) is 27.6 Å². The SMILES string of the molecule is Cc1cccc(C2=C(c3ccnc4cc(OCCCN(C)C)ccc34)C3C=CC=C[NH+]3[N-]2)n1. The Kier molecular flexibility index (Phi) is 5.94. The molecule has 0 saturated carbocycles. The van der Waals surface area contributed by atoms with Crippen LogP contribution in [0.2, 0.25) is 0 Å². The predicted molar refractivity (Wildman–Crippen MR) is 133 cm³/mol. The molecule has 2 unspecified atom stereocenters. The maximum Gasteiger partial charge on any atom is 0.131 e. The van der Waals surface area contributed by atoms with Gasteiger partial charge in [0, 0.05) is 35.5 Å². The third kappa shape index (κ3) is 4.40. The van der Waals surface area contributed by atoms with Crippen molar-refractivity contribution in [2.45, 2.75) is 19.4 Å². The van der Waals surface area contributed by atoms with Crippen molar-refractivity contribution < 1.29 is 9.75 Å². The molecular formula is C27H29N5O. The van der Waals surface area contributed by atoms with E-state index < -0.39 is 0 Å². The lowest BCUT2D eigenvalue weighted by Gasteiger charge is -2.28. The number of hydrogen-bond donors (Lipinski definition) is 1. The van der Waals surface area contributed by atoms with Gasteiger partial charge in [-0.25, -0.2) is 0 Å². The fourth-order valence-corrected chi connectivity index (χ4v) is 4.41. The van der Waals surface area contributed by atoms with Gasteiger partial charge >= 0.3 is 0 Å². The summed E-state index contributed by atoms with van der Waals surface area (Å²) in [6.45, 7) is 3.71. The van der Waals surface area contributed by atoms with Crippen molar-refractivity contribution in [3.63, 3.8) is 0 Å². The molecule has 2 aliphatic rings. The molecule has 6 heteroatoms. The number of pyridine rings is 2. The van der Waals surface area contributed by atoms with Crippen LogP contribution in [-0.4, -0.2) is 48.2 Å². The summed E-state index contributed by atoms with van der Waals surface area (Å²) >= 11 is 0. The van der Waals surface area contributed by atoms with Crippen LogP contribution in [0, 0.1) is 6.92 Å². The van der Waals surface area contributed by atoms with E-state index in [2.05, 4.69) is 54.5 Å². The zero-order valence-electron chi connectivity index (χ0n) is 19.3. The Labute approximate surface area is 194 Å². The van der Waals surface area contributed by atoms with Crippen molar-refractivity contribution in [2.24, 2.45) is 0 Å². The highest BCUT2D eigenvalue weighted by Gasteiger charge is 2.30. The van der Waals surface area contributed by atoms with Crippen LogP contribution in [0.1, 0.15) is 23.4 Å². The van der Waals surface area contributed by atoms with E-state index in [0.29, 0.717) is 6.61 Å². The van der Waals surface area contributed by atoms with Crippen LogP contribution in [-0.2, 0) is 0 Å². The summed E-state index contributed by atoms with van der Waals surface area (Å²) in [5.74, 6) is 0.851. The Morgan fingerprint density at radius 1 is 1.12 bits per heavy atom. The van der Waals surface area contributed by atoms with Crippen molar-refractivity contribution in [1.29, 1.82) is 0 Å². The number of aromatic nitrogens is 2. The number of nitrogens with one attached hydrogen (secondary N) is 1. The molecule has 5 rings (SSSR count). The van der Waals surface area contributed by atoms with Crippen LogP contribution >= 0.6 is 0 Å². The first-order valence-electron chi connectivity index (χ1n) is 11.4. The minimum atomic E-state index is 0.111. The molecule has 1 N–H and O–H groups in total. The standard InChI is InChI=1S/C27H29N5O/c1-19-8-6-9-23(29-19)27-26(25-10-4-5-16-32(25)30-27)22-13-14-28-24-18-20(11-12-21(22)24)33-17-7-15-31(2)3/h4-6,8-14,16,18,25,32H,7,15,17H2,1-3H3. The molecule has 33 heavy (non-hydrogen) atoms. The van der Waals surface area contributed by atoms with E-state index in [4.69, 9.17) is 15.1 Å². The Morgan fingerprint density at radius 2 is 2.03 bits per heavy atom. The summed E-state index contributed by atoms with van der Waals surface area (Å²) in [7, 11) is 4.15. The second-order valence-corrected chi connectivity index (χ2v) is 8.73. The summed E-state index contributed by atoms with van der Waals surface area (Å²) in [6.07, 6.45) is 11.3. The summed E-state index contributed by atoms with van der Waals surface area (Å²) in [4.78, 5) is 11.6. The summed E-state index contributed by atoms with van der Waals surface area (Å²) in [5, 5.41) is 2.15. The molecule has 0 amide bonds. The fourth-order valence-electron chi connectivity index (χ4n) is 4.41. The van der Waals surface area contributed by atoms with Crippen molar-refractivity contribution in [3.8, 4) is 5.75 Å². The summed E-state index contributed by atoms with van der Waals surface area (Å²) < 4.78 is 5.99.